The fourth-order valence-electron chi connectivity index (χ4n) is 2.64. The molecule has 0 aliphatic carbocycles. The molecule has 1 saturated heterocycles. The number of hydrogen-bond acceptors (Lipinski definition) is 7. The normalized spacial score (nSPS) is 18.4. The Bertz CT molecular complexity index is 754. The Morgan fingerprint density at radius 1 is 1.32 bits per heavy atom. The number of nitrogens with zero attached hydrogens (tertiary/aromatic N) is 1. The van der Waals surface area contributed by atoms with Gasteiger partial charge in [0.05, 0.1) is 38.0 Å². The van der Waals surface area contributed by atoms with Gasteiger partial charge in [-0.1, -0.05) is 37.3 Å². The number of hydrogen-bond donors (Lipinski definition) is 1. The van der Waals surface area contributed by atoms with Crippen LogP contribution in [0.1, 0.15) is 12.5 Å². The molecule has 1 fully saturated rings. The van der Waals surface area contributed by atoms with Crippen LogP contribution < -0.4 is 4.72 Å². The molecule has 1 N–H and O–H groups in total. The van der Waals surface area contributed by atoms with Gasteiger partial charge in [0.1, 0.15) is 6.61 Å². The van der Waals surface area contributed by atoms with Crippen LogP contribution in [0.4, 0.5) is 4.79 Å². The third kappa shape index (κ3) is 7.10. The van der Waals surface area contributed by atoms with E-state index >= 15 is 0 Å². The molecule has 0 unspecified atom stereocenters. The van der Waals surface area contributed by atoms with Crippen LogP contribution in [0.2, 0.25) is 0 Å². The fourth-order valence-corrected chi connectivity index (χ4v) is 3.95. The van der Waals surface area contributed by atoms with Crippen molar-refractivity contribution in [3.63, 3.8) is 0 Å². The van der Waals surface area contributed by atoms with Gasteiger partial charge in [-0.05, 0) is 5.56 Å². The molecule has 2 rings (SSSR count). The van der Waals surface area contributed by atoms with Crippen LogP contribution in [0.5, 0.6) is 0 Å². The molecule has 0 radical (unpaired) electrons. The van der Waals surface area contributed by atoms with E-state index in [1.54, 1.807) is 6.92 Å². The molecule has 10 heteroatoms. The minimum Gasteiger partial charge on any atom is -0.469 e. The Hall–Kier alpha value is -2.17. The number of ether oxygens (including phenoxy) is 3. The first-order valence-corrected chi connectivity index (χ1v) is 10.6. The molecule has 1 heterocycles. The molecule has 2 atom stereocenters. The van der Waals surface area contributed by atoms with E-state index in [2.05, 4.69) is 9.46 Å². The molecule has 0 spiro atoms. The first kappa shape index (κ1) is 22.1. The van der Waals surface area contributed by atoms with Crippen molar-refractivity contribution in [2.75, 3.05) is 39.1 Å². The van der Waals surface area contributed by atoms with Crippen molar-refractivity contribution < 1.29 is 32.2 Å². The van der Waals surface area contributed by atoms with E-state index < -0.39 is 34.1 Å². The van der Waals surface area contributed by atoms with Gasteiger partial charge in [0.25, 0.3) is 0 Å². The van der Waals surface area contributed by atoms with Gasteiger partial charge < -0.3 is 19.1 Å². The topological polar surface area (TPSA) is 111 Å². The first-order valence-electron chi connectivity index (χ1n) is 8.93. The van der Waals surface area contributed by atoms with Crippen molar-refractivity contribution in [3.8, 4) is 0 Å². The Morgan fingerprint density at radius 2 is 2.04 bits per heavy atom. The van der Waals surface area contributed by atoms with Crippen LogP contribution in [0.15, 0.2) is 30.3 Å². The summed E-state index contributed by atoms with van der Waals surface area (Å²) >= 11 is 0. The predicted octanol–water partition coefficient (Wildman–Crippen LogP) is 0.753. The third-order valence-corrected chi connectivity index (χ3v) is 5.64. The molecular weight excluding hydrogens is 388 g/mol. The summed E-state index contributed by atoms with van der Waals surface area (Å²) in [5.41, 5.74) is 0.868. The van der Waals surface area contributed by atoms with Crippen molar-refractivity contribution in [2.24, 2.45) is 5.92 Å². The summed E-state index contributed by atoms with van der Waals surface area (Å²) in [5, 5.41) is 0. The summed E-state index contributed by atoms with van der Waals surface area (Å²) in [4.78, 5) is 25.0. The van der Waals surface area contributed by atoms with Gasteiger partial charge in [-0.2, -0.15) is 0 Å². The van der Waals surface area contributed by atoms with Gasteiger partial charge >= 0.3 is 12.1 Å². The van der Waals surface area contributed by atoms with E-state index in [0.717, 1.165) is 5.56 Å². The highest BCUT2D eigenvalue weighted by Gasteiger charge is 2.29. The molecule has 0 saturated carbocycles. The quantitative estimate of drug-likeness (QED) is 0.625. The molecular formula is C18H26N2O7S. The number of amides is 1. The Kier molecular flexibility index (Phi) is 8.21. The monoisotopic (exact) mass is 414 g/mol. The first-order chi connectivity index (χ1) is 13.3. The zero-order valence-electron chi connectivity index (χ0n) is 16.0. The van der Waals surface area contributed by atoms with Gasteiger partial charge in [-0.15, -0.1) is 0 Å². The van der Waals surface area contributed by atoms with Crippen molar-refractivity contribution in [2.45, 2.75) is 19.6 Å². The highest BCUT2D eigenvalue weighted by atomic mass is 32.2. The van der Waals surface area contributed by atoms with Crippen LogP contribution >= 0.6 is 0 Å². The van der Waals surface area contributed by atoms with Gasteiger partial charge in [0, 0.05) is 13.1 Å². The lowest BCUT2D eigenvalue weighted by Gasteiger charge is -2.32. The fraction of sp³-hybridized carbons (Fsp3) is 0.556. The lowest BCUT2D eigenvalue weighted by atomic mass is 10.2. The Labute approximate surface area is 165 Å². The number of nitrogens with one attached hydrogen (secondary N) is 1. The summed E-state index contributed by atoms with van der Waals surface area (Å²) in [6.45, 7) is 2.31. The lowest BCUT2D eigenvalue weighted by Crippen LogP contribution is -2.49. The maximum atomic E-state index is 12.2. The molecule has 156 valence electrons. The number of esters is 1. The second-order valence-electron chi connectivity index (χ2n) is 6.53. The second-order valence-corrected chi connectivity index (χ2v) is 8.38. The standard InChI is InChI=1S/C18H26N2O7S/c1-14(17(21)25-2)10-19-28(23,24)13-16-11-20(8-9-26-16)18(22)27-12-15-6-4-3-5-7-15/h3-7,14,16,19H,8-13H2,1-2H3/t14-,16-/m0/s1. The zero-order valence-corrected chi connectivity index (χ0v) is 16.8. The molecule has 1 aromatic rings. The summed E-state index contributed by atoms with van der Waals surface area (Å²) in [6.07, 6.45) is -1.19. The maximum Gasteiger partial charge on any atom is 0.410 e. The van der Waals surface area contributed by atoms with E-state index in [1.807, 2.05) is 30.3 Å². The van der Waals surface area contributed by atoms with Crippen molar-refractivity contribution in [1.29, 1.82) is 0 Å². The van der Waals surface area contributed by atoms with Crippen LogP contribution in [0.25, 0.3) is 0 Å². The van der Waals surface area contributed by atoms with E-state index in [-0.39, 0.29) is 32.1 Å². The van der Waals surface area contributed by atoms with Crippen molar-refractivity contribution in [1.82, 2.24) is 9.62 Å². The molecule has 1 amide bonds. The largest absolute Gasteiger partial charge is 0.469 e. The van der Waals surface area contributed by atoms with Crippen molar-refractivity contribution in [3.05, 3.63) is 35.9 Å². The van der Waals surface area contributed by atoms with Crippen LogP contribution in [0.3, 0.4) is 0 Å². The summed E-state index contributed by atoms with van der Waals surface area (Å²) < 4.78 is 42.1. The maximum absolute atomic E-state index is 12.2. The van der Waals surface area contributed by atoms with Crippen LogP contribution in [-0.4, -0.2) is 70.6 Å². The number of carbonyl (C=O) groups is 2. The van der Waals surface area contributed by atoms with E-state index in [1.165, 1.54) is 12.0 Å². The average Bonchev–Trinajstić information content (AvgIpc) is 2.70. The zero-order chi connectivity index (χ0) is 20.6. The number of benzene rings is 1. The van der Waals surface area contributed by atoms with Gasteiger partial charge in [0.2, 0.25) is 10.0 Å². The number of rotatable bonds is 8. The Balaban J connectivity index is 1.81. The summed E-state index contributed by atoms with van der Waals surface area (Å²) in [6, 6.07) is 9.28. The average molecular weight is 414 g/mol. The minimum atomic E-state index is -3.68. The molecule has 1 aliphatic heterocycles. The number of sulfonamides is 1. The summed E-state index contributed by atoms with van der Waals surface area (Å²) in [5.74, 6) is -1.41. The number of carbonyl (C=O) groups excluding carboxylic acids is 2. The van der Waals surface area contributed by atoms with Crippen LogP contribution in [0, 0.1) is 5.92 Å². The van der Waals surface area contributed by atoms with E-state index in [0.29, 0.717) is 6.54 Å². The van der Waals surface area contributed by atoms with Crippen LogP contribution in [-0.2, 0) is 35.6 Å². The number of morpholine rings is 1. The molecule has 1 aromatic carbocycles. The molecule has 0 bridgehead atoms. The van der Waals surface area contributed by atoms with Gasteiger partial charge in [-0.25, -0.2) is 17.9 Å². The molecule has 28 heavy (non-hydrogen) atoms. The SMILES string of the molecule is COC(=O)[C@@H](C)CNS(=O)(=O)C[C@@H]1CN(C(=O)OCc2ccccc2)CCO1. The lowest BCUT2D eigenvalue weighted by molar-refractivity contribution is -0.144. The van der Waals surface area contributed by atoms with E-state index in [9.17, 15) is 18.0 Å². The minimum absolute atomic E-state index is 0.0649. The summed E-state index contributed by atoms with van der Waals surface area (Å²) in [7, 11) is -2.44. The molecule has 9 nitrogen and oxygen atoms in total. The van der Waals surface area contributed by atoms with Gasteiger partial charge in [-0.3, -0.25) is 4.79 Å². The Morgan fingerprint density at radius 3 is 2.71 bits per heavy atom. The highest BCUT2D eigenvalue weighted by molar-refractivity contribution is 7.89. The smallest absolute Gasteiger partial charge is 0.410 e. The van der Waals surface area contributed by atoms with Crippen molar-refractivity contribution >= 4 is 22.1 Å². The molecule has 1 aliphatic rings. The third-order valence-electron chi connectivity index (χ3n) is 4.22. The predicted molar refractivity (Wildman–Crippen MR) is 101 cm³/mol. The van der Waals surface area contributed by atoms with E-state index in [4.69, 9.17) is 9.47 Å². The second kappa shape index (κ2) is 10.4. The molecule has 0 aromatic heterocycles. The highest BCUT2D eigenvalue weighted by Crippen LogP contribution is 2.11. The van der Waals surface area contributed by atoms with Gasteiger partial charge in [0.15, 0.2) is 0 Å². The number of methoxy groups -OCH3 is 1.